The number of rotatable bonds is 6. The molecule has 0 bridgehead atoms. The Bertz CT molecular complexity index is 1280. The van der Waals surface area contributed by atoms with Gasteiger partial charge in [-0.15, -0.1) is 10.6 Å². The first-order valence-electron chi connectivity index (χ1n) is 14.7. The summed E-state index contributed by atoms with van der Waals surface area (Å²) >= 11 is 1.55. The van der Waals surface area contributed by atoms with Crippen molar-refractivity contribution in [2.24, 2.45) is 11.8 Å². The van der Waals surface area contributed by atoms with E-state index in [0.29, 0.717) is 11.8 Å². The molecule has 0 fully saturated rings. The topological polar surface area (TPSA) is 0 Å². The molecule has 0 amide bonds. The Morgan fingerprint density at radius 3 is 1.24 bits per heavy atom. The van der Waals surface area contributed by atoms with Crippen molar-refractivity contribution in [3.63, 3.8) is 0 Å². The Balaban J connectivity index is 0.000000250. The fourth-order valence-corrected chi connectivity index (χ4v) is 10.9. The Morgan fingerprint density at radius 2 is 0.952 bits per heavy atom. The molecule has 4 atom stereocenters. The number of fused-ring (bicyclic) bond motifs is 2. The van der Waals surface area contributed by atoms with E-state index in [-0.39, 0.29) is 40.7 Å². The molecule has 2 aliphatic heterocycles. The average Bonchev–Trinajstić information content (AvgIpc) is 3.72. The van der Waals surface area contributed by atoms with Crippen molar-refractivity contribution in [2.45, 2.75) is 67.2 Å². The van der Waals surface area contributed by atoms with E-state index in [1.807, 2.05) is 0 Å². The molecule has 2 aromatic rings. The van der Waals surface area contributed by atoms with Crippen molar-refractivity contribution in [3.8, 4) is 0 Å². The van der Waals surface area contributed by atoms with E-state index in [0.717, 1.165) is 25.7 Å². The maximum absolute atomic E-state index is 3.63. The van der Waals surface area contributed by atoms with Gasteiger partial charge in [-0.2, -0.15) is 0 Å². The Hall–Kier alpha value is -0.927. The number of allylic oxidation sites excluding steroid dienone is 12. The van der Waals surface area contributed by atoms with Crippen LogP contribution in [0.15, 0.2) is 117 Å². The van der Waals surface area contributed by atoms with Crippen LogP contribution in [-0.4, -0.2) is 3.21 Å². The zero-order chi connectivity index (χ0) is 28.6. The molecule has 5 heteroatoms. The molecule has 0 N–H and O–H groups in total. The SMILES string of the molecule is CCC1=[C-]C2C=C(CC)P(c3ccccc3)C2=C1.CCC1=[C-]C2C=C(CC)P(c3ccccc3)C2=C1.C[C](C)=[Zr+2].[Cl-].[Cl-]. The summed E-state index contributed by atoms with van der Waals surface area (Å²) < 4.78 is 1.51. The maximum atomic E-state index is 3.63. The van der Waals surface area contributed by atoms with Crippen LogP contribution in [0.4, 0.5) is 0 Å². The van der Waals surface area contributed by atoms with Crippen LogP contribution >= 0.6 is 15.8 Å². The average molecular weight is 711 g/mol. The van der Waals surface area contributed by atoms with Gasteiger partial charge in [0.15, 0.2) is 0 Å². The largest absolute Gasteiger partial charge is 1.00 e. The van der Waals surface area contributed by atoms with Crippen molar-refractivity contribution >= 4 is 29.7 Å². The van der Waals surface area contributed by atoms with E-state index in [1.54, 1.807) is 45.5 Å². The van der Waals surface area contributed by atoms with E-state index in [2.05, 4.69) is 139 Å². The monoisotopic (exact) mass is 708 g/mol. The van der Waals surface area contributed by atoms with Gasteiger partial charge < -0.3 is 24.8 Å². The van der Waals surface area contributed by atoms with Crippen molar-refractivity contribution in [1.29, 1.82) is 0 Å². The third kappa shape index (κ3) is 9.06. The van der Waals surface area contributed by atoms with Gasteiger partial charge in [0.25, 0.3) is 0 Å². The number of benzene rings is 2. The molecule has 0 aromatic heterocycles. The standard InChI is InChI=1S/2C17H18P.C3H6.2ClH.Zr/c2*1-3-13-10-14-12-15(4-2)18(17(14)11-13)16-8-6-5-7-9-16;1-3-2;;;/h2*5-9,11-12,14H,3-4H2,1-2H3;1-2H3;2*1H;/q2*-1;;;;+2/p-2. The predicted molar refractivity (Wildman–Crippen MR) is 176 cm³/mol. The first-order valence-corrected chi connectivity index (χ1v) is 18.6. The van der Waals surface area contributed by atoms with Gasteiger partial charge >= 0.3 is 41.3 Å². The zero-order valence-electron chi connectivity index (χ0n) is 25.7. The summed E-state index contributed by atoms with van der Waals surface area (Å²) in [5.41, 5.74) is 2.79. The molecule has 6 rings (SSSR count). The summed E-state index contributed by atoms with van der Waals surface area (Å²) in [4.78, 5) is 0. The Kier molecular flexibility index (Phi) is 16.1. The number of hydrogen-bond acceptors (Lipinski definition) is 0. The molecule has 2 heterocycles. The van der Waals surface area contributed by atoms with E-state index in [9.17, 15) is 0 Å². The van der Waals surface area contributed by atoms with Crippen LogP contribution in [0, 0.1) is 24.0 Å². The Morgan fingerprint density at radius 1 is 0.619 bits per heavy atom. The maximum Gasteiger partial charge on any atom is -1.00 e. The molecular weight excluding hydrogens is 668 g/mol. The van der Waals surface area contributed by atoms with Crippen LogP contribution in [0.25, 0.3) is 0 Å². The summed E-state index contributed by atoms with van der Waals surface area (Å²) in [6.45, 7) is 13.2. The Labute approximate surface area is 285 Å². The van der Waals surface area contributed by atoms with Crippen LogP contribution in [0.3, 0.4) is 0 Å². The quantitative estimate of drug-likeness (QED) is 0.311. The van der Waals surface area contributed by atoms with E-state index in [1.165, 1.54) is 25.0 Å². The molecule has 220 valence electrons. The molecule has 42 heavy (non-hydrogen) atoms. The van der Waals surface area contributed by atoms with Gasteiger partial charge in [0.05, 0.1) is 0 Å². The summed E-state index contributed by atoms with van der Waals surface area (Å²) in [5, 5.41) is 9.43. The van der Waals surface area contributed by atoms with E-state index >= 15 is 0 Å². The summed E-state index contributed by atoms with van der Waals surface area (Å²) in [7, 11) is -0.475. The van der Waals surface area contributed by atoms with E-state index in [4.69, 9.17) is 0 Å². The first-order chi connectivity index (χ1) is 19.4. The minimum absolute atomic E-state index is 0. The van der Waals surface area contributed by atoms with Crippen LogP contribution in [0.2, 0.25) is 0 Å². The van der Waals surface area contributed by atoms with Gasteiger partial charge in [0, 0.05) is 0 Å². The number of halogens is 2. The van der Waals surface area contributed by atoms with E-state index < -0.39 is 0 Å². The van der Waals surface area contributed by atoms with Gasteiger partial charge in [0.2, 0.25) is 0 Å². The molecule has 2 aromatic carbocycles. The molecule has 2 aliphatic carbocycles. The summed E-state index contributed by atoms with van der Waals surface area (Å²) in [5.74, 6) is 0.947. The minimum atomic E-state index is -0.238. The van der Waals surface area contributed by atoms with Gasteiger partial charge in [-0.3, -0.25) is 12.2 Å². The van der Waals surface area contributed by atoms with Crippen LogP contribution in [-0.2, 0) is 24.2 Å². The second kappa shape index (κ2) is 18.1. The molecular formula is C37H42Cl2P2Zr-2. The van der Waals surface area contributed by atoms with Crippen LogP contribution < -0.4 is 35.4 Å². The van der Waals surface area contributed by atoms with Gasteiger partial charge in [-0.25, -0.2) is 23.3 Å². The number of hydrogen-bond donors (Lipinski definition) is 0. The minimum Gasteiger partial charge on any atom is -1.00 e. The normalized spacial score (nSPS) is 22.6. The summed E-state index contributed by atoms with van der Waals surface area (Å²) in [6, 6.07) is 22.0. The molecule has 0 nitrogen and oxygen atoms in total. The van der Waals surface area contributed by atoms with Crippen LogP contribution in [0.1, 0.15) is 67.2 Å². The van der Waals surface area contributed by atoms with Gasteiger partial charge in [0.1, 0.15) is 0 Å². The third-order valence-electron chi connectivity index (χ3n) is 7.29. The second-order valence-corrected chi connectivity index (χ2v) is 17.5. The fraction of sp³-hybridized carbons (Fsp3) is 0.324. The van der Waals surface area contributed by atoms with Crippen molar-refractivity contribution in [3.05, 3.63) is 130 Å². The van der Waals surface area contributed by atoms with Gasteiger partial charge in [-0.05, 0) is 49.9 Å². The second-order valence-electron chi connectivity index (χ2n) is 10.5. The fourth-order valence-electron chi connectivity index (χ4n) is 5.44. The van der Waals surface area contributed by atoms with Crippen LogP contribution in [0.5, 0.6) is 0 Å². The molecule has 4 aliphatic rings. The summed E-state index contributed by atoms with van der Waals surface area (Å²) in [6.07, 6.45) is 21.5. The van der Waals surface area contributed by atoms with Crippen molar-refractivity contribution in [2.75, 3.05) is 0 Å². The van der Waals surface area contributed by atoms with Crippen molar-refractivity contribution < 1.29 is 49.0 Å². The van der Waals surface area contributed by atoms with Gasteiger partial charge in [-0.1, -0.05) is 125 Å². The third-order valence-corrected chi connectivity index (χ3v) is 12.8. The van der Waals surface area contributed by atoms with Crippen molar-refractivity contribution in [1.82, 2.24) is 0 Å². The molecule has 0 radical (unpaired) electrons. The molecule has 0 saturated carbocycles. The zero-order valence-corrected chi connectivity index (χ0v) is 31.5. The predicted octanol–water partition coefficient (Wildman–Crippen LogP) is 4.26. The smallest absolute Gasteiger partial charge is 1.00 e. The molecule has 0 saturated heterocycles. The molecule has 4 unspecified atom stereocenters. The molecule has 0 spiro atoms. The first kappa shape index (κ1) is 37.3.